The number of carboxylic acids is 1. The standard InChI is InChI=1S/C15H17NO3/c1-3-6-11(9-14(17)18)16-10(2)12-7-4-5-8-13(12)15(16)19/h4-5,7-8,11H,2-3,6,9H2,1H3,(H,17,18). The lowest BCUT2D eigenvalue weighted by Crippen LogP contribution is -2.36. The fraction of sp³-hybridized carbons (Fsp3) is 0.333. The van der Waals surface area contributed by atoms with Crippen LogP contribution in [0.4, 0.5) is 0 Å². The van der Waals surface area contributed by atoms with Crippen molar-refractivity contribution >= 4 is 17.6 Å². The van der Waals surface area contributed by atoms with Gasteiger partial charge in [-0.3, -0.25) is 9.59 Å². The predicted molar refractivity (Wildman–Crippen MR) is 72.6 cm³/mol. The number of aliphatic carboxylic acids is 1. The first-order valence-corrected chi connectivity index (χ1v) is 6.40. The summed E-state index contributed by atoms with van der Waals surface area (Å²) < 4.78 is 0. The number of nitrogens with zero attached hydrogens (tertiary/aromatic N) is 1. The van der Waals surface area contributed by atoms with E-state index in [1.807, 2.05) is 19.1 Å². The largest absolute Gasteiger partial charge is 0.481 e. The van der Waals surface area contributed by atoms with Crippen molar-refractivity contribution < 1.29 is 14.7 Å². The monoisotopic (exact) mass is 259 g/mol. The Morgan fingerprint density at radius 2 is 2.00 bits per heavy atom. The van der Waals surface area contributed by atoms with Crippen LogP contribution in [0.1, 0.15) is 42.1 Å². The highest BCUT2D eigenvalue weighted by Crippen LogP contribution is 2.34. The lowest BCUT2D eigenvalue weighted by Gasteiger charge is -2.27. The molecule has 0 bridgehead atoms. The Morgan fingerprint density at radius 1 is 1.37 bits per heavy atom. The van der Waals surface area contributed by atoms with Crippen LogP contribution >= 0.6 is 0 Å². The minimum atomic E-state index is -0.894. The van der Waals surface area contributed by atoms with Crippen molar-refractivity contribution in [3.63, 3.8) is 0 Å². The highest BCUT2D eigenvalue weighted by molar-refractivity contribution is 6.09. The van der Waals surface area contributed by atoms with Crippen molar-refractivity contribution in [2.75, 3.05) is 0 Å². The van der Waals surface area contributed by atoms with Gasteiger partial charge in [-0.2, -0.15) is 0 Å². The van der Waals surface area contributed by atoms with Gasteiger partial charge in [-0.1, -0.05) is 38.1 Å². The number of amides is 1. The zero-order valence-electron chi connectivity index (χ0n) is 10.9. The number of rotatable bonds is 5. The Labute approximate surface area is 112 Å². The van der Waals surface area contributed by atoms with Gasteiger partial charge < -0.3 is 10.0 Å². The first-order valence-electron chi connectivity index (χ1n) is 6.40. The molecule has 100 valence electrons. The van der Waals surface area contributed by atoms with Crippen LogP contribution in [0.2, 0.25) is 0 Å². The molecular formula is C15H17NO3. The topological polar surface area (TPSA) is 57.6 Å². The van der Waals surface area contributed by atoms with Crippen LogP contribution in [0, 0.1) is 0 Å². The van der Waals surface area contributed by atoms with E-state index in [1.165, 1.54) is 0 Å². The summed E-state index contributed by atoms with van der Waals surface area (Å²) in [4.78, 5) is 24.9. The molecule has 19 heavy (non-hydrogen) atoms. The van der Waals surface area contributed by atoms with Crippen LogP contribution in [0.3, 0.4) is 0 Å². The maximum atomic E-state index is 12.4. The molecule has 0 saturated heterocycles. The van der Waals surface area contributed by atoms with E-state index in [0.717, 1.165) is 12.0 Å². The Bertz CT molecular complexity index is 501. The van der Waals surface area contributed by atoms with Crippen molar-refractivity contribution in [1.82, 2.24) is 4.90 Å². The number of carbonyl (C=O) groups excluding carboxylic acids is 1. The summed E-state index contributed by atoms with van der Waals surface area (Å²) in [5.74, 6) is -1.03. The summed E-state index contributed by atoms with van der Waals surface area (Å²) in [6, 6.07) is 6.94. The second-order valence-electron chi connectivity index (χ2n) is 4.71. The van der Waals surface area contributed by atoms with Crippen LogP contribution in [0.5, 0.6) is 0 Å². The van der Waals surface area contributed by atoms with Gasteiger partial charge in [-0.15, -0.1) is 0 Å². The Balaban J connectivity index is 2.33. The van der Waals surface area contributed by atoms with Gasteiger partial charge in [-0.25, -0.2) is 0 Å². The number of carboxylic acid groups (broad SMARTS) is 1. The molecule has 0 radical (unpaired) electrons. The van der Waals surface area contributed by atoms with Gasteiger partial charge in [-0.05, 0) is 12.5 Å². The molecule has 4 nitrogen and oxygen atoms in total. The third-order valence-corrected chi connectivity index (χ3v) is 3.38. The lowest BCUT2D eigenvalue weighted by atomic mass is 10.1. The molecule has 0 spiro atoms. The maximum absolute atomic E-state index is 12.4. The molecule has 1 N–H and O–H groups in total. The Morgan fingerprint density at radius 3 is 2.53 bits per heavy atom. The van der Waals surface area contributed by atoms with Crippen molar-refractivity contribution in [3.05, 3.63) is 42.0 Å². The van der Waals surface area contributed by atoms with Crippen LogP contribution in [-0.4, -0.2) is 27.9 Å². The maximum Gasteiger partial charge on any atom is 0.305 e. The van der Waals surface area contributed by atoms with Crippen LogP contribution in [0.15, 0.2) is 30.8 Å². The van der Waals surface area contributed by atoms with Crippen LogP contribution < -0.4 is 0 Å². The molecule has 1 amide bonds. The molecule has 1 heterocycles. The summed E-state index contributed by atoms with van der Waals surface area (Å²) >= 11 is 0. The molecule has 1 unspecified atom stereocenters. The molecule has 1 atom stereocenters. The summed E-state index contributed by atoms with van der Waals surface area (Å²) in [6.45, 7) is 5.93. The molecule has 0 saturated carbocycles. The fourth-order valence-corrected chi connectivity index (χ4v) is 2.55. The van der Waals surface area contributed by atoms with E-state index in [1.54, 1.807) is 17.0 Å². The van der Waals surface area contributed by atoms with E-state index >= 15 is 0 Å². The van der Waals surface area contributed by atoms with Gasteiger partial charge in [0.05, 0.1) is 6.42 Å². The second-order valence-corrected chi connectivity index (χ2v) is 4.71. The third-order valence-electron chi connectivity index (χ3n) is 3.38. The quantitative estimate of drug-likeness (QED) is 0.884. The molecule has 1 aromatic rings. The number of carbonyl (C=O) groups is 2. The van der Waals surface area contributed by atoms with E-state index in [-0.39, 0.29) is 18.4 Å². The van der Waals surface area contributed by atoms with E-state index in [0.29, 0.717) is 17.7 Å². The minimum absolute atomic E-state index is 0.0490. The van der Waals surface area contributed by atoms with Gasteiger partial charge in [0.25, 0.3) is 5.91 Å². The summed E-state index contributed by atoms with van der Waals surface area (Å²) in [5.41, 5.74) is 2.03. The zero-order chi connectivity index (χ0) is 14.0. The third kappa shape index (κ3) is 2.38. The molecule has 0 aliphatic carbocycles. The fourth-order valence-electron chi connectivity index (χ4n) is 2.55. The number of hydrogen-bond donors (Lipinski definition) is 1. The summed E-state index contributed by atoms with van der Waals surface area (Å²) in [6.07, 6.45) is 1.43. The van der Waals surface area contributed by atoms with E-state index in [9.17, 15) is 9.59 Å². The van der Waals surface area contributed by atoms with Crippen molar-refractivity contribution in [1.29, 1.82) is 0 Å². The van der Waals surface area contributed by atoms with Gasteiger partial charge in [0.2, 0.25) is 0 Å². The van der Waals surface area contributed by atoms with Gasteiger partial charge in [0.15, 0.2) is 0 Å². The SMILES string of the molecule is C=C1c2ccccc2C(=O)N1C(CCC)CC(=O)O. The number of hydrogen-bond acceptors (Lipinski definition) is 2. The normalized spacial score (nSPS) is 15.5. The van der Waals surface area contributed by atoms with Crippen molar-refractivity contribution in [2.24, 2.45) is 0 Å². The lowest BCUT2D eigenvalue weighted by molar-refractivity contribution is -0.138. The van der Waals surface area contributed by atoms with Crippen molar-refractivity contribution in [3.8, 4) is 0 Å². The minimum Gasteiger partial charge on any atom is -0.481 e. The molecule has 1 aromatic carbocycles. The second kappa shape index (κ2) is 5.26. The number of fused-ring (bicyclic) bond motifs is 1. The van der Waals surface area contributed by atoms with Gasteiger partial charge in [0, 0.05) is 22.9 Å². The Hall–Kier alpha value is -2.10. The smallest absolute Gasteiger partial charge is 0.305 e. The van der Waals surface area contributed by atoms with Gasteiger partial charge in [0.1, 0.15) is 0 Å². The molecule has 2 rings (SSSR count). The van der Waals surface area contributed by atoms with Crippen molar-refractivity contribution in [2.45, 2.75) is 32.2 Å². The molecule has 1 aliphatic rings. The first kappa shape index (κ1) is 13.3. The molecule has 4 heteroatoms. The molecule has 0 aromatic heterocycles. The first-order chi connectivity index (χ1) is 9.06. The molecule has 1 aliphatic heterocycles. The highest BCUT2D eigenvalue weighted by Gasteiger charge is 2.35. The van der Waals surface area contributed by atoms with Crippen LogP contribution in [0.25, 0.3) is 5.70 Å². The predicted octanol–water partition coefficient (Wildman–Crippen LogP) is 2.76. The van der Waals surface area contributed by atoms with E-state index in [2.05, 4.69) is 6.58 Å². The summed E-state index contributed by atoms with van der Waals surface area (Å²) in [7, 11) is 0. The summed E-state index contributed by atoms with van der Waals surface area (Å²) in [5, 5.41) is 8.99. The van der Waals surface area contributed by atoms with Crippen LogP contribution in [-0.2, 0) is 4.79 Å². The zero-order valence-corrected chi connectivity index (χ0v) is 10.9. The highest BCUT2D eigenvalue weighted by atomic mass is 16.4. The molecule has 0 fully saturated rings. The molecular weight excluding hydrogens is 242 g/mol. The van der Waals surface area contributed by atoms with E-state index < -0.39 is 5.97 Å². The van der Waals surface area contributed by atoms with E-state index in [4.69, 9.17) is 5.11 Å². The van der Waals surface area contributed by atoms with Gasteiger partial charge >= 0.3 is 5.97 Å². The average molecular weight is 259 g/mol. The Kier molecular flexibility index (Phi) is 3.69. The average Bonchev–Trinajstić information content (AvgIpc) is 2.62. The number of benzene rings is 1.